The van der Waals surface area contributed by atoms with Gasteiger partial charge in [-0.15, -0.1) is 5.10 Å². The summed E-state index contributed by atoms with van der Waals surface area (Å²) >= 11 is 3.42. The van der Waals surface area contributed by atoms with Crippen LogP contribution in [0.5, 0.6) is 0 Å². The Balaban J connectivity index is 1.63. The van der Waals surface area contributed by atoms with Gasteiger partial charge in [0.25, 0.3) is 5.91 Å². The van der Waals surface area contributed by atoms with E-state index in [1.807, 2.05) is 49.4 Å². The molecular weight excluding hydrogens is 348 g/mol. The Labute approximate surface area is 135 Å². The summed E-state index contributed by atoms with van der Waals surface area (Å²) in [5.41, 5.74) is 3.19. The SMILES string of the molecule is Cc1cc(NC(=O)COn2nnc3ccccc32)ccc1Br. The third-order valence-electron chi connectivity index (χ3n) is 3.08. The molecule has 1 amide bonds. The molecule has 0 aliphatic carbocycles. The van der Waals surface area contributed by atoms with Gasteiger partial charge in [0.1, 0.15) is 11.0 Å². The van der Waals surface area contributed by atoms with Crippen molar-refractivity contribution in [3.63, 3.8) is 0 Å². The van der Waals surface area contributed by atoms with E-state index in [-0.39, 0.29) is 12.5 Å². The van der Waals surface area contributed by atoms with Crippen LogP contribution in [0, 0.1) is 6.92 Å². The van der Waals surface area contributed by atoms with Crippen LogP contribution in [0.15, 0.2) is 46.9 Å². The number of nitrogens with one attached hydrogen (secondary N) is 1. The van der Waals surface area contributed by atoms with Crippen molar-refractivity contribution < 1.29 is 9.63 Å². The molecule has 0 bridgehead atoms. The Bertz CT molecular complexity index is 831. The van der Waals surface area contributed by atoms with Gasteiger partial charge in [0.15, 0.2) is 6.61 Å². The van der Waals surface area contributed by atoms with Crippen molar-refractivity contribution in [2.24, 2.45) is 0 Å². The van der Waals surface area contributed by atoms with Crippen molar-refractivity contribution in [2.45, 2.75) is 6.92 Å². The van der Waals surface area contributed by atoms with E-state index >= 15 is 0 Å². The fourth-order valence-corrected chi connectivity index (χ4v) is 2.23. The molecule has 0 saturated carbocycles. The number of rotatable bonds is 4. The van der Waals surface area contributed by atoms with E-state index in [2.05, 4.69) is 31.6 Å². The third-order valence-corrected chi connectivity index (χ3v) is 3.97. The van der Waals surface area contributed by atoms with Gasteiger partial charge in [0.2, 0.25) is 0 Å². The molecule has 3 aromatic rings. The van der Waals surface area contributed by atoms with E-state index in [9.17, 15) is 4.79 Å². The molecule has 0 saturated heterocycles. The number of para-hydroxylation sites is 1. The van der Waals surface area contributed by atoms with Gasteiger partial charge in [-0.3, -0.25) is 4.79 Å². The average Bonchev–Trinajstić information content (AvgIpc) is 2.92. The highest BCUT2D eigenvalue weighted by molar-refractivity contribution is 9.10. The van der Waals surface area contributed by atoms with Crippen LogP contribution in [0.4, 0.5) is 5.69 Å². The lowest BCUT2D eigenvalue weighted by molar-refractivity contribution is -0.121. The summed E-state index contributed by atoms with van der Waals surface area (Å²) < 4.78 is 0.996. The zero-order valence-corrected chi connectivity index (χ0v) is 13.4. The van der Waals surface area contributed by atoms with Crippen molar-refractivity contribution in [2.75, 3.05) is 11.9 Å². The lowest BCUT2D eigenvalue weighted by Gasteiger charge is -2.08. The highest BCUT2D eigenvalue weighted by atomic mass is 79.9. The van der Waals surface area contributed by atoms with Gasteiger partial charge >= 0.3 is 0 Å². The maximum atomic E-state index is 11.9. The number of aromatic nitrogens is 3. The van der Waals surface area contributed by atoms with E-state index in [4.69, 9.17) is 4.84 Å². The van der Waals surface area contributed by atoms with E-state index in [0.717, 1.165) is 21.2 Å². The quantitative estimate of drug-likeness (QED) is 0.776. The first-order chi connectivity index (χ1) is 10.6. The van der Waals surface area contributed by atoms with Crippen molar-refractivity contribution >= 4 is 38.6 Å². The van der Waals surface area contributed by atoms with E-state index in [0.29, 0.717) is 5.52 Å². The molecular formula is C15H13BrN4O2. The van der Waals surface area contributed by atoms with Crippen molar-refractivity contribution in [3.8, 4) is 0 Å². The lowest BCUT2D eigenvalue weighted by atomic mass is 10.2. The van der Waals surface area contributed by atoms with Crippen LogP contribution in [-0.4, -0.2) is 27.7 Å². The molecule has 6 nitrogen and oxygen atoms in total. The predicted octanol–water partition coefficient (Wildman–Crippen LogP) is 2.57. The summed E-state index contributed by atoms with van der Waals surface area (Å²) in [5, 5.41) is 10.6. The van der Waals surface area contributed by atoms with Crippen molar-refractivity contribution in [1.29, 1.82) is 0 Å². The van der Waals surface area contributed by atoms with E-state index in [1.165, 1.54) is 4.85 Å². The monoisotopic (exact) mass is 360 g/mol. The fraction of sp³-hybridized carbons (Fsp3) is 0.133. The zero-order valence-electron chi connectivity index (χ0n) is 11.8. The number of aryl methyl sites for hydroxylation is 1. The third kappa shape index (κ3) is 3.09. The van der Waals surface area contributed by atoms with Gasteiger partial charge in [-0.1, -0.05) is 32.9 Å². The molecule has 1 N–H and O–H groups in total. The van der Waals surface area contributed by atoms with E-state index < -0.39 is 0 Å². The van der Waals surface area contributed by atoms with Crippen LogP contribution < -0.4 is 10.2 Å². The van der Waals surface area contributed by atoms with Crippen molar-refractivity contribution in [1.82, 2.24) is 15.2 Å². The number of halogens is 1. The van der Waals surface area contributed by atoms with Gasteiger partial charge in [-0.25, -0.2) is 0 Å². The lowest BCUT2D eigenvalue weighted by Crippen LogP contribution is -2.26. The largest absolute Gasteiger partial charge is 0.385 e. The molecule has 22 heavy (non-hydrogen) atoms. The minimum Gasteiger partial charge on any atom is -0.385 e. The van der Waals surface area contributed by atoms with Gasteiger partial charge in [-0.05, 0) is 48.0 Å². The molecule has 0 aliphatic heterocycles. The number of amides is 1. The number of hydrogen-bond donors (Lipinski definition) is 1. The summed E-state index contributed by atoms with van der Waals surface area (Å²) in [4.78, 5) is 18.6. The molecule has 2 aromatic carbocycles. The van der Waals surface area contributed by atoms with Gasteiger partial charge < -0.3 is 10.2 Å². The van der Waals surface area contributed by atoms with Crippen LogP contribution in [-0.2, 0) is 4.79 Å². The molecule has 1 heterocycles. The molecule has 0 fully saturated rings. The first-order valence-electron chi connectivity index (χ1n) is 6.63. The summed E-state index contributed by atoms with van der Waals surface area (Å²) in [6.07, 6.45) is 0. The molecule has 0 atom stereocenters. The Hall–Kier alpha value is -2.41. The maximum Gasteiger partial charge on any atom is 0.265 e. The smallest absolute Gasteiger partial charge is 0.265 e. The van der Waals surface area contributed by atoms with Gasteiger partial charge in [-0.2, -0.15) is 0 Å². The second-order valence-electron chi connectivity index (χ2n) is 4.74. The van der Waals surface area contributed by atoms with Crippen LogP contribution in [0.1, 0.15) is 5.56 Å². The fourth-order valence-electron chi connectivity index (χ4n) is 1.98. The number of benzene rings is 2. The summed E-state index contributed by atoms with van der Waals surface area (Å²) in [5.74, 6) is -0.263. The number of nitrogens with zero attached hydrogens (tertiary/aromatic N) is 3. The standard InChI is InChI=1S/C15H13BrN4O2/c1-10-8-11(6-7-12(10)16)17-15(21)9-22-20-14-5-3-2-4-13(14)18-19-20/h2-8H,9H2,1H3,(H,17,21). The van der Waals surface area contributed by atoms with Gasteiger partial charge in [0.05, 0.1) is 0 Å². The highest BCUT2D eigenvalue weighted by Crippen LogP contribution is 2.19. The molecule has 0 radical (unpaired) electrons. The molecule has 0 unspecified atom stereocenters. The Morgan fingerprint density at radius 3 is 2.95 bits per heavy atom. The van der Waals surface area contributed by atoms with Crippen molar-refractivity contribution in [3.05, 3.63) is 52.5 Å². The second kappa shape index (κ2) is 6.15. The molecule has 0 aliphatic rings. The average molecular weight is 361 g/mol. The minimum atomic E-state index is -0.263. The number of hydrogen-bond acceptors (Lipinski definition) is 4. The zero-order chi connectivity index (χ0) is 15.5. The molecule has 0 spiro atoms. The Morgan fingerprint density at radius 2 is 2.14 bits per heavy atom. The summed E-state index contributed by atoms with van der Waals surface area (Å²) in [6, 6.07) is 13.0. The normalized spacial score (nSPS) is 10.6. The number of anilines is 1. The highest BCUT2D eigenvalue weighted by Gasteiger charge is 2.08. The minimum absolute atomic E-state index is 0.150. The number of carbonyl (C=O) groups is 1. The molecule has 7 heteroatoms. The first-order valence-corrected chi connectivity index (χ1v) is 7.42. The maximum absolute atomic E-state index is 11.9. The Morgan fingerprint density at radius 1 is 1.32 bits per heavy atom. The van der Waals surface area contributed by atoms with E-state index in [1.54, 1.807) is 0 Å². The summed E-state index contributed by atoms with van der Waals surface area (Å²) in [7, 11) is 0. The second-order valence-corrected chi connectivity index (χ2v) is 5.59. The van der Waals surface area contributed by atoms with Crippen LogP contribution in [0.3, 0.4) is 0 Å². The first kappa shape index (κ1) is 14.5. The molecule has 112 valence electrons. The van der Waals surface area contributed by atoms with Crippen LogP contribution in [0.2, 0.25) is 0 Å². The molecule has 1 aromatic heterocycles. The molecule has 3 rings (SSSR count). The predicted molar refractivity (Wildman–Crippen MR) is 86.5 cm³/mol. The Kier molecular flexibility index (Phi) is 4.06. The summed E-state index contributed by atoms with van der Waals surface area (Å²) in [6.45, 7) is 1.81. The number of fused-ring (bicyclic) bond motifs is 1. The van der Waals surface area contributed by atoms with Gasteiger partial charge in [0, 0.05) is 10.2 Å². The van der Waals surface area contributed by atoms with Crippen LogP contribution >= 0.6 is 15.9 Å². The number of carbonyl (C=O) groups excluding carboxylic acids is 1. The van der Waals surface area contributed by atoms with Crippen LogP contribution in [0.25, 0.3) is 11.0 Å². The topological polar surface area (TPSA) is 69.0 Å².